The first-order chi connectivity index (χ1) is 11.7. The molecule has 24 heavy (non-hydrogen) atoms. The Morgan fingerprint density at radius 2 is 2.08 bits per heavy atom. The molecule has 0 saturated carbocycles. The van der Waals surface area contributed by atoms with Crippen LogP contribution in [0.4, 0.5) is 5.69 Å². The normalized spacial score (nSPS) is 13.8. The molecular formula is C19H19N5. The van der Waals surface area contributed by atoms with Crippen molar-refractivity contribution in [2.24, 2.45) is 10.7 Å². The van der Waals surface area contributed by atoms with Gasteiger partial charge in [-0.05, 0) is 34.4 Å². The van der Waals surface area contributed by atoms with E-state index in [9.17, 15) is 5.26 Å². The summed E-state index contributed by atoms with van der Waals surface area (Å²) >= 11 is 0. The minimum absolute atomic E-state index is 0.630. The number of benzene rings is 2. The lowest BCUT2D eigenvalue weighted by Gasteiger charge is -2.13. The summed E-state index contributed by atoms with van der Waals surface area (Å²) in [6.07, 6.45) is 5.41. The van der Waals surface area contributed by atoms with Gasteiger partial charge in [0, 0.05) is 25.1 Å². The Kier molecular flexibility index (Phi) is 4.48. The van der Waals surface area contributed by atoms with Crippen LogP contribution in [0.2, 0.25) is 0 Å². The highest BCUT2D eigenvalue weighted by Gasteiger charge is 2.22. The number of hydrogen-bond acceptors (Lipinski definition) is 5. The number of allylic oxidation sites excluding steroid dienone is 1. The minimum Gasteiger partial charge on any atom is -0.403 e. The zero-order chi connectivity index (χ0) is 16.9. The van der Waals surface area contributed by atoms with Crippen LogP contribution in [0.25, 0.3) is 11.1 Å². The van der Waals surface area contributed by atoms with Crippen molar-refractivity contribution in [3.63, 3.8) is 0 Å². The van der Waals surface area contributed by atoms with Gasteiger partial charge in [-0.3, -0.25) is 4.99 Å². The molecule has 3 rings (SSSR count). The maximum absolute atomic E-state index is 9.24. The van der Waals surface area contributed by atoms with Gasteiger partial charge in [-0.1, -0.05) is 30.3 Å². The van der Waals surface area contributed by atoms with E-state index in [1.165, 1.54) is 11.8 Å². The Morgan fingerprint density at radius 1 is 1.29 bits per heavy atom. The van der Waals surface area contributed by atoms with Crippen LogP contribution in [-0.4, -0.2) is 18.2 Å². The molecule has 0 unspecified atom stereocenters. The fourth-order valence-electron chi connectivity index (χ4n) is 2.95. The minimum atomic E-state index is 0.630. The second-order valence-electron chi connectivity index (χ2n) is 5.62. The van der Waals surface area contributed by atoms with Gasteiger partial charge >= 0.3 is 0 Å². The molecule has 2 aromatic rings. The Morgan fingerprint density at radius 3 is 2.75 bits per heavy atom. The van der Waals surface area contributed by atoms with Crippen LogP contribution >= 0.6 is 0 Å². The van der Waals surface area contributed by atoms with Crippen molar-refractivity contribution in [3.05, 3.63) is 65.5 Å². The van der Waals surface area contributed by atoms with Crippen LogP contribution in [-0.2, 0) is 13.1 Å². The molecule has 1 aliphatic heterocycles. The largest absolute Gasteiger partial charge is 0.403 e. The monoisotopic (exact) mass is 317 g/mol. The lowest BCUT2D eigenvalue weighted by molar-refractivity contribution is 0.417. The molecule has 0 bridgehead atoms. The van der Waals surface area contributed by atoms with E-state index in [1.807, 2.05) is 18.2 Å². The lowest BCUT2D eigenvalue weighted by Crippen LogP contribution is -2.07. The smallest absolute Gasteiger partial charge is 0.179 e. The third-order valence-electron chi connectivity index (χ3n) is 4.02. The highest BCUT2D eigenvalue weighted by Crippen LogP contribution is 2.35. The van der Waals surface area contributed by atoms with Gasteiger partial charge in [0.1, 0.15) is 0 Å². The molecule has 0 spiro atoms. The summed E-state index contributed by atoms with van der Waals surface area (Å²) in [5, 5.41) is 12.5. The molecule has 5 heteroatoms. The van der Waals surface area contributed by atoms with Crippen molar-refractivity contribution in [2.75, 3.05) is 12.4 Å². The molecular weight excluding hydrogens is 298 g/mol. The Labute approximate surface area is 141 Å². The van der Waals surface area contributed by atoms with Crippen molar-refractivity contribution in [3.8, 4) is 17.3 Å². The van der Waals surface area contributed by atoms with Gasteiger partial charge in [0.15, 0.2) is 6.19 Å². The highest BCUT2D eigenvalue weighted by molar-refractivity contribution is 5.84. The van der Waals surface area contributed by atoms with Gasteiger partial charge in [0.2, 0.25) is 0 Å². The number of nitrogens with two attached hydrogens (primary N) is 1. The first-order valence-corrected chi connectivity index (χ1v) is 7.72. The van der Waals surface area contributed by atoms with Crippen LogP contribution in [0.3, 0.4) is 0 Å². The number of rotatable bonds is 4. The van der Waals surface area contributed by atoms with E-state index in [4.69, 9.17) is 5.73 Å². The maximum atomic E-state index is 9.24. The van der Waals surface area contributed by atoms with E-state index in [-0.39, 0.29) is 0 Å². The summed E-state index contributed by atoms with van der Waals surface area (Å²) in [6, 6.07) is 14.4. The van der Waals surface area contributed by atoms with E-state index in [0.717, 1.165) is 28.1 Å². The number of hydrogen-bond donors (Lipinski definition) is 2. The van der Waals surface area contributed by atoms with Gasteiger partial charge in [0.25, 0.3) is 0 Å². The zero-order valence-corrected chi connectivity index (χ0v) is 13.5. The summed E-state index contributed by atoms with van der Waals surface area (Å²) < 4.78 is 0. The molecule has 0 atom stereocenters. The van der Waals surface area contributed by atoms with Crippen molar-refractivity contribution in [2.45, 2.75) is 13.1 Å². The Balaban J connectivity index is 2.06. The van der Waals surface area contributed by atoms with Gasteiger partial charge in [-0.25, -0.2) is 0 Å². The van der Waals surface area contributed by atoms with E-state index < -0.39 is 0 Å². The summed E-state index contributed by atoms with van der Waals surface area (Å²) in [5.41, 5.74) is 11.9. The van der Waals surface area contributed by atoms with Crippen LogP contribution in [0.5, 0.6) is 0 Å². The van der Waals surface area contributed by atoms with Gasteiger partial charge in [0.05, 0.1) is 18.8 Å². The number of nitrogens with zero attached hydrogens (tertiary/aromatic N) is 3. The second kappa shape index (κ2) is 6.88. The summed E-state index contributed by atoms with van der Waals surface area (Å²) in [5.74, 6) is 0. The predicted octanol–water partition coefficient (Wildman–Crippen LogP) is 3.06. The molecule has 0 radical (unpaired) electrons. The Bertz CT molecular complexity index is 831. The number of nitriles is 1. The average molecular weight is 317 g/mol. The molecule has 0 amide bonds. The van der Waals surface area contributed by atoms with Gasteiger partial charge in [-0.2, -0.15) is 5.26 Å². The number of aliphatic imine (C=N–C) groups is 1. The SMILES string of the molecule is CN=CC(=CN)Nc1cc2c(c(-c3ccccc3)c1)CN(C#N)C2. The van der Waals surface area contributed by atoms with Crippen molar-refractivity contribution < 1.29 is 0 Å². The van der Waals surface area contributed by atoms with Gasteiger partial charge < -0.3 is 16.0 Å². The molecule has 120 valence electrons. The van der Waals surface area contributed by atoms with Crippen molar-refractivity contribution >= 4 is 11.9 Å². The van der Waals surface area contributed by atoms with Crippen LogP contribution < -0.4 is 11.1 Å². The number of anilines is 1. The standard InChI is InChI=1S/C19H19N5/c1-22-10-17(9-20)23-16-7-15-11-24(13-21)12-19(15)18(8-16)14-5-3-2-4-6-14/h2-10,23H,11-12,20H2,1H3. The molecule has 0 aromatic heterocycles. The van der Waals surface area contributed by atoms with Crippen molar-refractivity contribution in [1.82, 2.24) is 4.90 Å². The van der Waals surface area contributed by atoms with E-state index in [0.29, 0.717) is 13.1 Å². The average Bonchev–Trinajstić information content (AvgIpc) is 3.04. The third-order valence-corrected chi connectivity index (χ3v) is 4.02. The van der Waals surface area contributed by atoms with E-state index >= 15 is 0 Å². The quantitative estimate of drug-likeness (QED) is 0.671. The lowest BCUT2D eigenvalue weighted by atomic mass is 9.96. The molecule has 0 saturated heterocycles. The molecule has 0 aliphatic carbocycles. The van der Waals surface area contributed by atoms with E-state index in [1.54, 1.807) is 18.2 Å². The maximum Gasteiger partial charge on any atom is 0.179 e. The molecule has 2 aromatic carbocycles. The second-order valence-corrected chi connectivity index (χ2v) is 5.62. The van der Waals surface area contributed by atoms with Crippen LogP contribution in [0.1, 0.15) is 11.1 Å². The van der Waals surface area contributed by atoms with Crippen LogP contribution in [0, 0.1) is 11.5 Å². The fourth-order valence-corrected chi connectivity index (χ4v) is 2.95. The first kappa shape index (κ1) is 15.6. The van der Waals surface area contributed by atoms with Gasteiger partial charge in [-0.15, -0.1) is 0 Å². The highest BCUT2D eigenvalue weighted by atomic mass is 15.1. The molecule has 0 fully saturated rings. The van der Waals surface area contributed by atoms with Crippen molar-refractivity contribution in [1.29, 1.82) is 5.26 Å². The summed E-state index contributed by atoms with van der Waals surface area (Å²) in [6.45, 7) is 1.27. The van der Waals surface area contributed by atoms with E-state index in [2.05, 4.69) is 40.8 Å². The predicted molar refractivity (Wildman–Crippen MR) is 97.0 cm³/mol. The topological polar surface area (TPSA) is 77.4 Å². The third kappa shape index (κ3) is 3.08. The molecule has 1 aliphatic rings. The Hall–Kier alpha value is -3.26. The molecule has 5 nitrogen and oxygen atoms in total. The summed E-state index contributed by atoms with van der Waals surface area (Å²) in [7, 11) is 1.70. The summed E-state index contributed by atoms with van der Waals surface area (Å²) in [4.78, 5) is 5.75. The fraction of sp³-hybridized carbons (Fsp3) is 0.158. The number of fused-ring (bicyclic) bond motifs is 1. The first-order valence-electron chi connectivity index (χ1n) is 7.72. The number of nitrogens with one attached hydrogen (secondary N) is 1. The molecule has 3 N–H and O–H groups in total. The molecule has 1 heterocycles. The zero-order valence-electron chi connectivity index (χ0n) is 13.5. The van der Waals surface area contributed by atoms with Crippen LogP contribution in [0.15, 0.2) is 59.4 Å².